The lowest BCUT2D eigenvalue weighted by molar-refractivity contribution is 0.104. The summed E-state index contributed by atoms with van der Waals surface area (Å²) in [5, 5.41) is 1.90. The number of ether oxygens (including phenoxy) is 1. The van der Waals surface area contributed by atoms with Crippen molar-refractivity contribution in [3.8, 4) is 5.75 Å². The molecule has 0 unspecified atom stereocenters. The van der Waals surface area contributed by atoms with Crippen molar-refractivity contribution in [1.29, 1.82) is 0 Å². The van der Waals surface area contributed by atoms with E-state index in [0.717, 1.165) is 16.3 Å². The number of methoxy groups -OCH3 is 1. The number of ketones is 1. The highest BCUT2D eigenvalue weighted by atomic mass is 16.5. The summed E-state index contributed by atoms with van der Waals surface area (Å²) in [7, 11) is 1.57. The first-order valence-electron chi connectivity index (χ1n) is 6.60. The Balaban J connectivity index is 2.07. The van der Waals surface area contributed by atoms with Gasteiger partial charge in [-0.3, -0.25) is 4.79 Å². The van der Waals surface area contributed by atoms with Crippen LogP contribution in [0.25, 0.3) is 16.8 Å². The first kappa shape index (κ1) is 13.2. The van der Waals surface area contributed by atoms with Gasteiger partial charge in [0, 0.05) is 5.56 Å². The average molecular weight is 278 g/mol. The van der Waals surface area contributed by atoms with Crippen molar-refractivity contribution in [1.82, 2.24) is 0 Å². The number of carbonyl (C=O) groups excluding carboxylic acids is 1. The second-order valence-corrected chi connectivity index (χ2v) is 4.62. The van der Waals surface area contributed by atoms with Crippen molar-refractivity contribution in [2.24, 2.45) is 0 Å². The summed E-state index contributed by atoms with van der Waals surface area (Å²) < 4.78 is 10.3. The van der Waals surface area contributed by atoms with Crippen LogP contribution < -0.4 is 4.74 Å². The molecular weight excluding hydrogens is 264 g/mol. The summed E-state index contributed by atoms with van der Waals surface area (Å²) >= 11 is 0. The lowest BCUT2D eigenvalue weighted by Gasteiger charge is -2.09. The molecule has 104 valence electrons. The van der Waals surface area contributed by atoms with E-state index in [-0.39, 0.29) is 5.78 Å². The molecule has 0 aliphatic heterocycles. The summed E-state index contributed by atoms with van der Waals surface area (Å²) in [6.07, 6.45) is 6.43. The normalized spacial score (nSPS) is 11.1. The van der Waals surface area contributed by atoms with Crippen molar-refractivity contribution in [2.75, 3.05) is 7.11 Å². The van der Waals surface area contributed by atoms with Crippen LogP contribution in [0, 0.1) is 0 Å². The molecule has 0 radical (unpaired) electrons. The molecule has 0 saturated carbocycles. The SMILES string of the molecule is COc1ccc2ccccc2c1C(=O)C=Cc1ccoc1. The predicted molar refractivity (Wildman–Crippen MR) is 82.6 cm³/mol. The molecule has 1 heterocycles. The van der Waals surface area contributed by atoms with Crippen LogP contribution in [0.5, 0.6) is 5.75 Å². The van der Waals surface area contributed by atoms with Gasteiger partial charge in [0.2, 0.25) is 0 Å². The maximum Gasteiger partial charge on any atom is 0.190 e. The Morgan fingerprint density at radius 1 is 1.14 bits per heavy atom. The molecule has 3 rings (SSSR count). The van der Waals surface area contributed by atoms with Crippen LogP contribution in [0.15, 0.2) is 65.5 Å². The molecule has 0 spiro atoms. The average Bonchev–Trinajstić information content (AvgIpc) is 3.04. The zero-order chi connectivity index (χ0) is 14.7. The van der Waals surface area contributed by atoms with Gasteiger partial charge in [-0.05, 0) is 35.1 Å². The highest BCUT2D eigenvalue weighted by molar-refractivity contribution is 6.16. The van der Waals surface area contributed by atoms with Crippen molar-refractivity contribution >= 4 is 22.6 Å². The molecule has 3 heteroatoms. The molecule has 0 atom stereocenters. The van der Waals surface area contributed by atoms with Gasteiger partial charge in [-0.2, -0.15) is 0 Å². The highest BCUT2D eigenvalue weighted by Crippen LogP contribution is 2.28. The van der Waals surface area contributed by atoms with Crippen molar-refractivity contribution in [2.45, 2.75) is 0 Å². The van der Waals surface area contributed by atoms with E-state index in [9.17, 15) is 4.79 Å². The van der Waals surface area contributed by atoms with Gasteiger partial charge >= 0.3 is 0 Å². The first-order valence-corrected chi connectivity index (χ1v) is 6.60. The standard InChI is InChI=1S/C18H14O3/c1-20-17-9-7-14-4-2-3-5-15(14)18(17)16(19)8-6-13-10-11-21-12-13/h2-12H,1H3. The van der Waals surface area contributed by atoms with E-state index in [1.165, 1.54) is 6.08 Å². The number of fused-ring (bicyclic) bond motifs is 1. The van der Waals surface area contributed by atoms with Gasteiger partial charge in [-0.25, -0.2) is 0 Å². The number of allylic oxidation sites excluding steroid dienone is 1. The van der Waals surface area contributed by atoms with Crippen LogP contribution in [0.4, 0.5) is 0 Å². The third-order valence-corrected chi connectivity index (χ3v) is 3.33. The lowest BCUT2D eigenvalue weighted by Crippen LogP contribution is -2.00. The zero-order valence-corrected chi connectivity index (χ0v) is 11.6. The van der Waals surface area contributed by atoms with Gasteiger partial charge < -0.3 is 9.15 Å². The van der Waals surface area contributed by atoms with Crippen molar-refractivity contribution in [3.05, 3.63) is 72.2 Å². The molecule has 0 bridgehead atoms. The predicted octanol–water partition coefficient (Wildman–Crippen LogP) is 4.34. The van der Waals surface area contributed by atoms with Gasteiger partial charge in [0.05, 0.1) is 25.2 Å². The largest absolute Gasteiger partial charge is 0.496 e. The Hall–Kier alpha value is -2.81. The molecule has 21 heavy (non-hydrogen) atoms. The number of benzene rings is 2. The number of hydrogen-bond acceptors (Lipinski definition) is 3. The number of furan rings is 1. The Kier molecular flexibility index (Phi) is 3.56. The van der Waals surface area contributed by atoms with Gasteiger partial charge in [0.15, 0.2) is 5.78 Å². The Labute approximate surface area is 122 Å². The van der Waals surface area contributed by atoms with Crippen LogP contribution in [0.2, 0.25) is 0 Å². The third-order valence-electron chi connectivity index (χ3n) is 3.33. The fourth-order valence-corrected chi connectivity index (χ4v) is 2.30. The van der Waals surface area contributed by atoms with Crippen LogP contribution >= 0.6 is 0 Å². The minimum atomic E-state index is -0.0927. The lowest BCUT2D eigenvalue weighted by atomic mass is 9.99. The minimum Gasteiger partial charge on any atom is -0.496 e. The van der Waals surface area contributed by atoms with Gasteiger partial charge in [0.25, 0.3) is 0 Å². The topological polar surface area (TPSA) is 39.4 Å². The second-order valence-electron chi connectivity index (χ2n) is 4.62. The second kappa shape index (κ2) is 5.67. The zero-order valence-electron chi connectivity index (χ0n) is 11.6. The maximum absolute atomic E-state index is 12.5. The molecule has 3 aromatic rings. The van der Waals surface area contributed by atoms with Gasteiger partial charge in [-0.1, -0.05) is 30.3 Å². The molecule has 1 aromatic heterocycles. The fourth-order valence-electron chi connectivity index (χ4n) is 2.30. The highest BCUT2D eigenvalue weighted by Gasteiger charge is 2.13. The number of carbonyl (C=O) groups is 1. The smallest absolute Gasteiger partial charge is 0.190 e. The maximum atomic E-state index is 12.5. The van der Waals surface area contributed by atoms with Crippen LogP contribution in [-0.4, -0.2) is 12.9 Å². The third kappa shape index (κ3) is 2.58. The van der Waals surface area contributed by atoms with Crippen LogP contribution in [0.1, 0.15) is 15.9 Å². The van der Waals surface area contributed by atoms with E-state index in [0.29, 0.717) is 11.3 Å². The monoisotopic (exact) mass is 278 g/mol. The van der Waals surface area contributed by atoms with Crippen LogP contribution in [0.3, 0.4) is 0 Å². The van der Waals surface area contributed by atoms with Crippen molar-refractivity contribution < 1.29 is 13.9 Å². The molecule has 2 aromatic carbocycles. The molecule has 0 aliphatic rings. The van der Waals surface area contributed by atoms with E-state index >= 15 is 0 Å². The number of rotatable bonds is 4. The molecule has 0 N–H and O–H groups in total. The van der Waals surface area contributed by atoms with E-state index < -0.39 is 0 Å². The van der Waals surface area contributed by atoms with Gasteiger partial charge in [0.1, 0.15) is 5.75 Å². The fraction of sp³-hybridized carbons (Fsp3) is 0.0556. The van der Waals surface area contributed by atoms with Gasteiger partial charge in [-0.15, -0.1) is 0 Å². The molecular formula is C18H14O3. The Morgan fingerprint density at radius 2 is 2.00 bits per heavy atom. The summed E-state index contributed by atoms with van der Waals surface area (Å²) in [5.74, 6) is 0.486. The summed E-state index contributed by atoms with van der Waals surface area (Å²) in [6.45, 7) is 0. The van der Waals surface area contributed by atoms with E-state index in [1.807, 2.05) is 36.4 Å². The molecule has 0 fully saturated rings. The Bertz CT molecular complexity index is 798. The minimum absolute atomic E-state index is 0.0927. The quantitative estimate of drug-likeness (QED) is 0.526. The summed E-state index contributed by atoms with van der Waals surface area (Å²) in [6, 6.07) is 13.3. The Morgan fingerprint density at radius 3 is 2.76 bits per heavy atom. The number of hydrogen-bond donors (Lipinski definition) is 0. The summed E-state index contributed by atoms with van der Waals surface area (Å²) in [5.41, 5.74) is 1.43. The molecule has 3 nitrogen and oxygen atoms in total. The van der Waals surface area contributed by atoms with E-state index in [4.69, 9.17) is 9.15 Å². The van der Waals surface area contributed by atoms with E-state index in [2.05, 4.69) is 0 Å². The molecule has 0 saturated heterocycles. The molecule has 0 aliphatic carbocycles. The molecule has 0 amide bonds. The summed E-state index contributed by atoms with van der Waals surface area (Å²) in [4.78, 5) is 12.5. The van der Waals surface area contributed by atoms with E-state index in [1.54, 1.807) is 31.8 Å². The van der Waals surface area contributed by atoms with Crippen molar-refractivity contribution in [3.63, 3.8) is 0 Å². The van der Waals surface area contributed by atoms with Crippen LogP contribution in [-0.2, 0) is 0 Å². The first-order chi connectivity index (χ1) is 10.3.